The number of rotatable bonds is 7. The lowest BCUT2D eigenvalue weighted by atomic mass is 9.77. The average Bonchev–Trinajstić information content (AvgIpc) is 2.63. The Labute approximate surface area is 140 Å². The molecule has 0 aliphatic rings. The highest BCUT2D eigenvalue weighted by Gasteiger charge is 2.33. The van der Waals surface area contributed by atoms with E-state index in [1.54, 1.807) is 0 Å². The van der Waals surface area contributed by atoms with Crippen LogP contribution in [0.5, 0.6) is 0 Å². The van der Waals surface area contributed by atoms with Gasteiger partial charge in [0.2, 0.25) is 0 Å². The van der Waals surface area contributed by atoms with Crippen LogP contribution < -0.4 is 5.32 Å². The molecule has 23 heavy (non-hydrogen) atoms. The maximum absolute atomic E-state index is 9.75. The zero-order valence-electron chi connectivity index (χ0n) is 14.3. The quantitative estimate of drug-likeness (QED) is 0.774. The Hall–Kier alpha value is -2.11. The summed E-state index contributed by atoms with van der Waals surface area (Å²) in [5.41, 5.74) is 2.35. The van der Waals surface area contributed by atoms with Gasteiger partial charge in [-0.2, -0.15) is 5.26 Å². The summed E-state index contributed by atoms with van der Waals surface area (Å²) in [7, 11) is 0. The molecular formula is C21H26N2. The second kappa shape index (κ2) is 7.94. The summed E-state index contributed by atoms with van der Waals surface area (Å²) in [4.78, 5) is 0. The lowest BCUT2D eigenvalue weighted by molar-refractivity contribution is 0.227. The molecule has 0 aromatic heterocycles. The van der Waals surface area contributed by atoms with E-state index in [0.717, 1.165) is 12.8 Å². The van der Waals surface area contributed by atoms with E-state index >= 15 is 0 Å². The molecule has 2 rings (SSSR count). The van der Waals surface area contributed by atoms with Crippen molar-refractivity contribution in [2.45, 2.75) is 45.7 Å². The van der Waals surface area contributed by atoms with Gasteiger partial charge in [-0.15, -0.1) is 0 Å². The van der Waals surface area contributed by atoms with Crippen LogP contribution in [0.2, 0.25) is 0 Å². The van der Waals surface area contributed by atoms with Crippen LogP contribution in [0.15, 0.2) is 60.7 Å². The Bertz CT molecular complexity index is 584. The fourth-order valence-corrected chi connectivity index (χ4v) is 2.90. The van der Waals surface area contributed by atoms with Crippen LogP contribution in [-0.2, 0) is 0 Å². The molecule has 2 heteroatoms. The molecule has 0 saturated carbocycles. The van der Waals surface area contributed by atoms with Gasteiger partial charge < -0.3 is 0 Å². The zero-order valence-corrected chi connectivity index (χ0v) is 14.3. The van der Waals surface area contributed by atoms with E-state index in [-0.39, 0.29) is 17.5 Å². The largest absolute Gasteiger partial charge is 0.291 e. The minimum absolute atomic E-state index is 0.0273. The second-order valence-electron chi connectivity index (χ2n) is 6.34. The first-order valence-corrected chi connectivity index (χ1v) is 8.40. The summed E-state index contributed by atoms with van der Waals surface area (Å²) < 4.78 is 0. The molecule has 120 valence electrons. The molecule has 0 aliphatic heterocycles. The molecule has 0 unspecified atom stereocenters. The van der Waals surface area contributed by atoms with Crippen molar-refractivity contribution in [2.75, 3.05) is 0 Å². The monoisotopic (exact) mass is 306 g/mol. The van der Waals surface area contributed by atoms with E-state index in [1.807, 2.05) is 36.4 Å². The first-order valence-electron chi connectivity index (χ1n) is 8.40. The SMILES string of the molecule is CCC(C)(CC)[C@H](C#N)NC(c1ccccc1)c1ccccc1. The van der Waals surface area contributed by atoms with Gasteiger partial charge in [0.05, 0.1) is 12.1 Å². The molecule has 1 N–H and O–H groups in total. The third-order valence-electron chi connectivity index (χ3n) is 5.04. The Morgan fingerprint density at radius 3 is 1.70 bits per heavy atom. The van der Waals surface area contributed by atoms with Crippen LogP contribution in [0, 0.1) is 16.7 Å². The molecule has 0 heterocycles. The smallest absolute Gasteiger partial charge is 0.101 e. The molecule has 2 nitrogen and oxygen atoms in total. The van der Waals surface area contributed by atoms with E-state index in [0.29, 0.717) is 0 Å². The van der Waals surface area contributed by atoms with Crippen LogP contribution in [0.3, 0.4) is 0 Å². The van der Waals surface area contributed by atoms with Crippen LogP contribution >= 0.6 is 0 Å². The summed E-state index contributed by atoms with van der Waals surface area (Å²) >= 11 is 0. The van der Waals surface area contributed by atoms with Gasteiger partial charge in [0, 0.05) is 0 Å². The van der Waals surface area contributed by atoms with Crippen molar-refractivity contribution < 1.29 is 0 Å². The van der Waals surface area contributed by atoms with E-state index in [4.69, 9.17) is 0 Å². The summed E-state index contributed by atoms with van der Waals surface area (Å²) in [6.45, 7) is 6.52. The third kappa shape index (κ3) is 4.00. The highest BCUT2D eigenvalue weighted by molar-refractivity contribution is 5.32. The van der Waals surface area contributed by atoms with Crippen molar-refractivity contribution in [3.8, 4) is 6.07 Å². The molecular weight excluding hydrogens is 280 g/mol. The molecule has 1 atom stereocenters. The molecule has 0 amide bonds. The van der Waals surface area contributed by atoms with E-state index < -0.39 is 0 Å². The number of hydrogen-bond acceptors (Lipinski definition) is 2. The lowest BCUT2D eigenvalue weighted by Crippen LogP contribution is -2.44. The summed E-state index contributed by atoms with van der Waals surface area (Å²) in [6.07, 6.45) is 1.95. The van der Waals surface area contributed by atoms with Gasteiger partial charge in [0.1, 0.15) is 6.04 Å². The molecule has 0 spiro atoms. The number of nitrogens with zero attached hydrogens (tertiary/aromatic N) is 1. The Kier molecular flexibility index (Phi) is 5.96. The minimum atomic E-state index is -0.192. The summed E-state index contributed by atoms with van der Waals surface area (Å²) in [5.74, 6) is 0. The van der Waals surface area contributed by atoms with Gasteiger partial charge in [0.25, 0.3) is 0 Å². The summed E-state index contributed by atoms with van der Waals surface area (Å²) in [6, 6.07) is 23.1. The maximum atomic E-state index is 9.75. The van der Waals surface area contributed by atoms with Crippen molar-refractivity contribution >= 4 is 0 Å². The van der Waals surface area contributed by atoms with Crippen molar-refractivity contribution in [2.24, 2.45) is 5.41 Å². The first kappa shape index (κ1) is 17.2. The standard InChI is InChI=1S/C21H26N2/c1-4-21(3,5-2)19(16-22)23-20(17-12-8-6-9-13-17)18-14-10-7-11-15-18/h6-15,19-20,23H,4-5H2,1-3H3/t19-/m0/s1. The lowest BCUT2D eigenvalue weighted by Gasteiger charge is -2.35. The highest BCUT2D eigenvalue weighted by atomic mass is 15.0. The van der Waals surface area contributed by atoms with Gasteiger partial charge in [-0.05, 0) is 29.4 Å². The van der Waals surface area contributed by atoms with Crippen LogP contribution in [0.25, 0.3) is 0 Å². The van der Waals surface area contributed by atoms with Crippen molar-refractivity contribution in [3.63, 3.8) is 0 Å². The van der Waals surface area contributed by atoms with Crippen molar-refractivity contribution in [3.05, 3.63) is 71.8 Å². The van der Waals surface area contributed by atoms with E-state index in [2.05, 4.69) is 56.4 Å². The molecule has 0 radical (unpaired) electrons. The second-order valence-corrected chi connectivity index (χ2v) is 6.34. The molecule has 0 aliphatic carbocycles. The molecule has 2 aromatic carbocycles. The maximum Gasteiger partial charge on any atom is 0.101 e. The number of hydrogen-bond donors (Lipinski definition) is 1. The van der Waals surface area contributed by atoms with Crippen LogP contribution in [0.1, 0.15) is 50.8 Å². The van der Waals surface area contributed by atoms with Gasteiger partial charge in [-0.1, -0.05) is 81.4 Å². The van der Waals surface area contributed by atoms with E-state index in [9.17, 15) is 5.26 Å². The number of nitriles is 1. The minimum Gasteiger partial charge on any atom is -0.291 e. The topological polar surface area (TPSA) is 35.8 Å². The Morgan fingerprint density at radius 2 is 1.35 bits per heavy atom. The Morgan fingerprint density at radius 1 is 0.913 bits per heavy atom. The fraction of sp³-hybridized carbons (Fsp3) is 0.381. The third-order valence-corrected chi connectivity index (χ3v) is 5.04. The zero-order chi connectivity index (χ0) is 16.7. The average molecular weight is 306 g/mol. The van der Waals surface area contributed by atoms with Crippen molar-refractivity contribution in [1.82, 2.24) is 5.32 Å². The predicted octanol–water partition coefficient (Wildman–Crippen LogP) is 5.08. The summed E-state index contributed by atoms with van der Waals surface area (Å²) in [5, 5.41) is 13.4. The van der Waals surface area contributed by atoms with Gasteiger partial charge in [-0.25, -0.2) is 0 Å². The first-order chi connectivity index (χ1) is 11.1. The molecule has 0 saturated heterocycles. The van der Waals surface area contributed by atoms with Crippen LogP contribution in [-0.4, -0.2) is 6.04 Å². The van der Waals surface area contributed by atoms with Gasteiger partial charge >= 0.3 is 0 Å². The predicted molar refractivity (Wildman–Crippen MR) is 96.0 cm³/mol. The van der Waals surface area contributed by atoms with Gasteiger partial charge in [-0.3, -0.25) is 5.32 Å². The van der Waals surface area contributed by atoms with Gasteiger partial charge in [0.15, 0.2) is 0 Å². The van der Waals surface area contributed by atoms with Crippen LogP contribution in [0.4, 0.5) is 0 Å². The molecule has 2 aromatic rings. The van der Waals surface area contributed by atoms with Crippen molar-refractivity contribution in [1.29, 1.82) is 5.26 Å². The number of nitrogens with one attached hydrogen (secondary N) is 1. The fourth-order valence-electron chi connectivity index (χ4n) is 2.90. The highest BCUT2D eigenvalue weighted by Crippen LogP contribution is 2.32. The molecule has 0 fully saturated rings. The number of benzene rings is 2. The normalized spacial score (nSPS) is 12.8. The van der Waals surface area contributed by atoms with E-state index in [1.165, 1.54) is 11.1 Å². The molecule has 0 bridgehead atoms. The Balaban J connectivity index is 2.37.